The van der Waals surface area contributed by atoms with Crippen LogP contribution in [0.5, 0.6) is 0 Å². The minimum atomic E-state index is 1.30. The average Bonchev–Trinajstić information content (AvgIpc) is 2.45. The van der Waals surface area contributed by atoms with Crippen molar-refractivity contribution in [2.24, 2.45) is 0 Å². The van der Waals surface area contributed by atoms with E-state index >= 15 is 0 Å². The van der Waals surface area contributed by atoms with E-state index in [1.165, 1.54) is 27.6 Å². The first-order valence-electron chi connectivity index (χ1n) is 4.44. The zero-order chi connectivity index (χ0) is 9.42. The largest absolute Gasteiger partial charge is 0.105 e. The van der Waals surface area contributed by atoms with E-state index in [1.54, 1.807) is 0 Å². The fourth-order valence-corrected chi connectivity index (χ4v) is 2.11. The van der Waals surface area contributed by atoms with Gasteiger partial charge in [-0.15, -0.1) is 9.24 Å². The van der Waals surface area contributed by atoms with Crippen molar-refractivity contribution >= 4 is 20.1 Å². The Kier molecular flexibility index (Phi) is 2.09. The number of allylic oxidation sites excluding steroid dienone is 3. The lowest BCUT2D eigenvalue weighted by molar-refractivity contribution is 1.40. The Hall–Kier alpha value is -0.870. The van der Waals surface area contributed by atoms with Crippen molar-refractivity contribution in [3.8, 4) is 0 Å². The summed E-state index contributed by atoms with van der Waals surface area (Å²) in [4.78, 5) is 0. The summed E-state index contributed by atoms with van der Waals surface area (Å²) in [6, 6.07) is 8.54. The van der Waals surface area contributed by atoms with E-state index in [2.05, 4.69) is 53.4 Å². The third-order valence-corrected chi connectivity index (χ3v) is 2.84. The second-order valence-electron chi connectivity index (χ2n) is 3.56. The Labute approximate surface area is 81.6 Å². The van der Waals surface area contributed by atoms with Crippen molar-refractivity contribution in [1.29, 1.82) is 0 Å². The van der Waals surface area contributed by atoms with E-state index in [0.29, 0.717) is 0 Å². The Balaban J connectivity index is 2.70. The molecule has 1 heteroatoms. The van der Waals surface area contributed by atoms with Gasteiger partial charge in [0.25, 0.3) is 0 Å². The zero-order valence-electron chi connectivity index (χ0n) is 7.96. The van der Waals surface area contributed by atoms with Crippen molar-refractivity contribution in [3.63, 3.8) is 0 Å². The minimum Gasteiger partial charge on any atom is -0.105 e. The van der Waals surface area contributed by atoms with Crippen LogP contribution in [0, 0.1) is 0 Å². The number of hydrogen-bond donors (Lipinski definition) is 0. The summed E-state index contributed by atoms with van der Waals surface area (Å²) in [5.74, 6) is 0. The fraction of sp³-hybridized carbons (Fsp3) is 0.167. The van der Waals surface area contributed by atoms with Crippen LogP contribution in [0.25, 0.3) is 10.9 Å². The third kappa shape index (κ3) is 1.36. The Bertz CT molecular complexity index is 407. The van der Waals surface area contributed by atoms with Crippen LogP contribution in [0.2, 0.25) is 0 Å². The molecule has 1 aromatic rings. The molecule has 13 heavy (non-hydrogen) atoms. The van der Waals surface area contributed by atoms with Gasteiger partial charge in [-0.25, -0.2) is 0 Å². The molecular weight excluding hydrogens is 175 g/mol. The van der Waals surface area contributed by atoms with Crippen LogP contribution in [0.3, 0.4) is 0 Å². The maximum atomic E-state index is 2.80. The fourth-order valence-electron chi connectivity index (χ4n) is 1.69. The average molecular weight is 188 g/mol. The highest BCUT2D eigenvalue weighted by Gasteiger charge is 2.14. The first kappa shape index (κ1) is 8.72. The van der Waals surface area contributed by atoms with Crippen LogP contribution in [-0.4, -0.2) is 0 Å². The first-order valence-corrected chi connectivity index (χ1v) is 5.02. The van der Waals surface area contributed by atoms with Gasteiger partial charge < -0.3 is 0 Å². The molecule has 66 valence electrons. The molecule has 0 radical (unpaired) electrons. The Morgan fingerprint density at radius 1 is 1.08 bits per heavy atom. The summed E-state index contributed by atoms with van der Waals surface area (Å²) >= 11 is 0. The maximum absolute atomic E-state index is 2.80. The van der Waals surface area contributed by atoms with Gasteiger partial charge in [-0.3, -0.25) is 0 Å². The monoisotopic (exact) mass is 188 g/mol. The molecular formula is C12H13P. The van der Waals surface area contributed by atoms with Gasteiger partial charge in [-0.05, 0) is 41.9 Å². The molecule has 1 atom stereocenters. The molecule has 0 heterocycles. The second-order valence-corrected chi connectivity index (χ2v) is 4.18. The van der Waals surface area contributed by atoms with Crippen LogP contribution >= 0.6 is 9.24 Å². The van der Waals surface area contributed by atoms with Crippen molar-refractivity contribution in [2.75, 3.05) is 0 Å². The molecule has 0 spiro atoms. The highest BCUT2D eigenvalue weighted by molar-refractivity contribution is 7.31. The molecule has 2 rings (SSSR count). The number of hydrogen-bond acceptors (Lipinski definition) is 0. The SMILES string of the molecule is CC(C)=C1C=C(P)c2ccccc21. The molecule has 0 N–H and O–H groups in total. The smallest absolute Gasteiger partial charge is 0.0106 e. The van der Waals surface area contributed by atoms with E-state index in [-0.39, 0.29) is 0 Å². The lowest BCUT2D eigenvalue weighted by Crippen LogP contribution is -1.81. The molecule has 0 nitrogen and oxygen atoms in total. The summed E-state index contributed by atoms with van der Waals surface area (Å²) < 4.78 is 0. The third-order valence-electron chi connectivity index (χ3n) is 2.37. The molecule has 1 aliphatic carbocycles. The second kappa shape index (κ2) is 3.12. The molecule has 0 aromatic heterocycles. The van der Waals surface area contributed by atoms with Gasteiger partial charge in [0.2, 0.25) is 0 Å². The molecule has 0 amide bonds. The summed E-state index contributed by atoms with van der Waals surface area (Å²) in [6.07, 6.45) is 2.24. The van der Waals surface area contributed by atoms with Crippen molar-refractivity contribution in [1.82, 2.24) is 0 Å². The minimum absolute atomic E-state index is 1.30. The number of fused-ring (bicyclic) bond motifs is 1. The van der Waals surface area contributed by atoms with Gasteiger partial charge >= 0.3 is 0 Å². The number of benzene rings is 1. The van der Waals surface area contributed by atoms with Gasteiger partial charge in [-0.2, -0.15) is 0 Å². The van der Waals surface area contributed by atoms with E-state index in [1.807, 2.05) is 0 Å². The molecule has 0 bridgehead atoms. The molecule has 0 aliphatic heterocycles. The molecule has 1 aliphatic rings. The van der Waals surface area contributed by atoms with Crippen LogP contribution < -0.4 is 0 Å². The van der Waals surface area contributed by atoms with Gasteiger partial charge in [0.15, 0.2) is 0 Å². The molecule has 1 unspecified atom stereocenters. The summed E-state index contributed by atoms with van der Waals surface area (Å²) in [6.45, 7) is 4.32. The maximum Gasteiger partial charge on any atom is -0.0106 e. The highest BCUT2D eigenvalue weighted by atomic mass is 31.0. The van der Waals surface area contributed by atoms with E-state index in [9.17, 15) is 0 Å². The first-order chi connectivity index (χ1) is 6.20. The molecule has 0 saturated carbocycles. The lowest BCUT2D eigenvalue weighted by Gasteiger charge is -2.02. The van der Waals surface area contributed by atoms with Crippen molar-refractivity contribution in [2.45, 2.75) is 13.8 Å². The van der Waals surface area contributed by atoms with Crippen molar-refractivity contribution < 1.29 is 0 Å². The molecule has 0 saturated heterocycles. The Morgan fingerprint density at radius 3 is 2.31 bits per heavy atom. The lowest BCUT2D eigenvalue weighted by atomic mass is 10.0. The van der Waals surface area contributed by atoms with Crippen LogP contribution in [0.4, 0.5) is 0 Å². The summed E-state index contributed by atoms with van der Waals surface area (Å²) in [7, 11) is 2.80. The van der Waals surface area contributed by atoms with E-state index in [0.717, 1.165) is 0 Å². The summed E-state index contributed by atoms with van der Waals surface area (Å²) in [5, 5.41) is 1.30. The quantitative estimate of drug-likeness (QED) is 0.544. The van der Waals surface area contributed by atoms with Gasteiger partial charge in [0.05, 0.1) is 0 Å². The van der Waals surface area contributed by atoms with E-state index in [4.69, 9.17) is 0 Å². The molecule has 1 aromatic carbocycles. The Morgan fingerprint density at radius 2 is 1.69 bits per heavy atom. The van der Waals surface area contributed by atoms with Gasteiger partial charge in [0, 0.05) is 0 Å². The standard InChI is InChI=1S/C12H13P/c1-8(2)11-7-12(13)10-6-4-3-5-9(10)11/h3-7H,13H2,1-2H3. The normalized spacial score (nSPS) is 14.1. The van der Waals surface area contributed by atoms with Gasteiger partial charge in [-0.1, -0.05) is 29.8 Å². The van der Waals surface area contributed by atoms with Gasteiger partial charge in [0.1, 0.15) is 0 Å². The van der Waals surface area contributed by atoms with Crippen LogP contribution in [-0.2, 0) is 0 Å². The zero-order valence-corrected chi connectivity index (χ0v) is 9.12. The number of rotatable bonds is 0. The van der Waals surface area contributed by atoms with Crippen LogP contribution in [0.1, 0.15) is 25.0 Å². The van der Waals surface area contributed by atoms with Crippen molar-refractivity contribution in [3.05, 3.63) is 47.0 Å². The highest BCUT2D eigenvalue weighted by Crippen LogP contribution is 2.39. The van der Waals surface area contributed by atoms with E-state index < -0.39 is 0 Å². The topological polar surface area (TPSA) is 0 Å². The summed E-state index contributed by atoms with van der Waals surface area (Å²) in [5.41, 5.74) is 5.47. The molecule has 0 fully saturated rings. The predicted molar refractivity (Wildman–Crippen MR) is 62.4 cm³/mol. The predicted octanol–water partition coefficient (Wildman–Crippen LogP) is 3.71. The van der Waals surface area contributed by atoms with Crippen LogP contribution in [0.15, 0.2) is 35.9 Å².